The number of aromatic nitrogens is 2. The van der Waals surface area contributed by atoms with Crippen LogP contribution in [-0.2, 0) is 3.79 Å². The van der Waals surface area contributed by atoms with Crippen LogP contribution in [0.2, 0.25) is 5.02 Å². The van der Waals surface area contributed by atoms with Crippen LogP contribution in [0.15, 0.2) is 24.3 Å². The number of ether oxygens (including phenoxy) is 1. The number of hydrogen-bond acceptors (Lipinski definition) is 3. The lowest BCUT2D eigenvalue weighted by molar-refractivity contribution is 0.424. The lowest BCUT2D eigenvalue weighted by Crippen LogP contribution is -2.10. The van der Waals surface area contributed by atoms with Crippen molar-refractivity contribution in [3.63, 3.8) is 0 Å². The van der Waals surface area contributed by atoms with Crippen LogP contribution in [0, 0.1) is 12.7 Å². The highest BCUT2D eigenvalue weighted by Gasteiger charge is 2.29. The van der Waals surface area contributed by atoms with Gasteiger partial charge in [0.2, 0.25) is 9.67 Å². The minimum absolute atomic E-state index is 0.0391. The predicted octanol–water partition coefficient (Wildman–Crippen LogP) is 5.20. The minimum Gasteiger partial charge on any atom is -0.434 e. The second kappa shape index (κ2) is 5.90. The molecule has 0 radical (unpaired) electrons. The van der Waals surface area contributed by atoms with Crippen LogP contribution < -0.4 is 4.74 Å². The smallest absolute Gasteiger partial charge is 0.250 e. The lowest BCUT2D eigenvalue weighted by atomic mass is 10.3. The molecule has 3 nitrogen and oxygen atoms in total. The van der Waals surface area contributed by atoms with Crippen LogP contribution in [0.4, 0.5) is 4.39 Å². The van der Waals surface area contributed by atoms with Gasteiger partial charge in [0.05, 0.1) is 5.69 Å². The highest BCUT2D eigenvalue weighted by Crippen LogP contribution is 2.39. The summed E-state index contributed by atoms with van der Waals surface area (Å²) in [5.74, 6) is -0.778. The molecule has 8 heteroatoms. The van der Waals surface area contributed by atoms with Crippen molar-refractivity contribution in [1.29, 1.82) is 0 Å². The molecule has 2 rings (SSSR count). The first-order chi connectivity index (χ1) is 9.29. The van der Waals surface area contributed by atoms with Gasteiger partial charge in [0.15, 0.2) is 17.4 Å². The van der Waals surface area contributed by atoms with E-state index < -0.39 is 9.61 Å². The van der Waals surface area contributed by atoms with Crippen LogP contribution in [0.25, 0.3) is 0 Å². The van der Waals surface area contributed by atoms with Crippen LogP contribution in [0.1, 0.15) is 11.5 Å². The Morgan fingerprint density at radius 1 is 1.15 bits per heavy atom. The Kier molecular flexibility index (Phi) is 4.59. The average molecular weight is 356 g/mol. The lowest BCUT2D eigenvalue weighted by Gasteiger charge is -2.14. The van der Waals surface area contributed by atoms with E-state index in [1.807, 2.05) is 0 Å². The van der Waals surface area contributed by atoms with Gasteiger partial charge in [-0.2, -0.15) is 4.98 Å². The molecule has 106 valence electrons. The maximum Gasteiger partial charge on any atom is 0.250 e. The summed E-state index contributed by atoms with van der Waals surface area (Å²) in [7, 11) is 0. The minimum atomic E-state index is -1.83. The van der Waals surface area contributed by atoms with Crippen molar-refractivity contribution in [1.82, 2.24) is 9.97 Å². The molecule has 1 aromatic carbocycles. The van der Waals surface area contributed by atoms with E-state index in [0.29, 0.717) is 5.69 Å². The van der Waals surface area contributed by atoms with E-state index >= 15 is 0 Å². The molecule has 0 aliphatic rings. The second-order valence-electron chi connectivity index (χ2n) is 3.78. The molecule has 0 saturated heterocycles. The Bertz CT molecular complexity index is 646. The van der Waals surface area contributed by atoms with E-state index in [1.165, 1.54) is 18.2 Å². The van der Waals surface area contributed by atoms with Crippen molar-refractivity contribution < 1.29 is 9.13 Å². The molecule has 0 spiro atoms. The van der Waals surface area contributed by atoms with E-state index in [1.54, 1.807) is 13.0 Å². The van der Waals surface area contributed by atoms with Crippen molar-refractivity contribution in [2.75, 3.05) is 0 Å². The average Bonchev–Trinajstić information content (AvgIpc) is 2.36. The van der Waals surface area contributed by atoms with Gasteiger partial charge in [0.1, 0.15) is 5.02 Å². The van der Waals surface area contributed by atoms with E-state index in [2.05, 4.69) is 9.97 Å². The third-order valence-corrected chi connectivity index (χ3v) is 3.23. The van der Waals surface area contributed by atoms with Gasteiger partial charge in [-0.1, -0.05) is 58.5 Å². The molecule has 0 aliphatic carbocycles. The Balaban J connectivity index is 2.46. The normalized spacial score (nSPS) is 11.5. The predicted molar refractivity (Wildman–Crippen MR) is 77.5 cm³/mol. The maximum absolute atomic E-state index is 13.6. The molecule has 0 fully saturated rings. The van der Waals surface area contributed by atoms with E-state index in [0.717, 1.165) is 0 Å². The standard InChI is InChI=1S/C12H7Cl4FN2O/c1-6-9(13)10(19-11(18-6)12(14,15)16)20-8-5-3-2-4-7(8)17/h2-5H,1H3. The number of nitrogens with zero attached hydrogens (tertiary/aromatic N) is 2. The number of halogens is 5. The molecule has 0 aliphatic heterocycles. The fourth-order valence-corrected chi connectivity index (χ4v) is 1.74. The summed E-state index contributed by atoms with van der Waals surface area (Å²) in [6.07, 6.45) is 0. The number of aryl methyl sites for hydroxylation is 1. The third kappa shape index (κ3) is 3.44. The second-order valence-corrected chi connectivity index (χ2v) is 6.44. The molecule has 2 aromatic rings. The number of rotatable bonds is 2. The van der Waals surface area contributed by atoms with Gasteiger partial charge >= 0.3 is 0 Å². The van der Waals surface area contributed by atoms with Crippen LogP contribution in [0.3, 0.4) is 0 Å². The van der Waals surface area contributed by atoms with Crippen LogP contribution in [0.5, 0.6) is 11.6 Å². The number of para-hydroxylation sites is 1. The van der Waals surface area contributed by atoms with Crippen molar-refractivity contribution in [3.05, 3.63) is 46.6 Å². The Morgan fingerprint density at radius 2 is 1.80 bits per heavy atom. The van der Waals surface area contributed by atoms with Gasteiger partial charge in [-0.25, -0.2) is 9.37 Å². The first kappa shape index (κ1) is 15.6. The third-order valence-electron chi connectivity index (χ3n) is 2.28. The Morgan fingerprint density at radius 3 is 2.40 bits per heavy atom. The highest BCUT2D eigenvalue weighted by atomic mass is 35.6. The van der Waals surface area contributed by atoms with Crippen LogP contribution in [-0.4, -0.2) is 9.97 Å². The largest absolute Gasteiger partial charge is 0.434 e. The molecule has 0 saturated carbocycles. The summed E-state index contributed by atoms with van der Waals surface area (Å²) >= 11 is 23.2. The van der Waals surface area contributed by atoms with Gasteiger partial charge in [-0.15, -0.1) is 0 Å². The summed E-state index contributed by atoms with van der Waals surface area (Å²) in [5, 5.41) is 0.117. The molecular formula is C12H7Cl4FN2O. The van der Waals surface area contributed by atoms with Gasteiger partial charge in [0, 0.05) is 0 Å². The summed E-state index contributed by atoms with van der Waals surface area (Å²) < 4.78 is 17.0. The summed E-state index contributed by atoms with van der Waals surface area (Å²) in [6, 6.07) is 5.81. The first-order valence-electron chi connectivity index (χ1n) is 5.32. The van der Waals surface area contributed by atoms with Crippen molar-refractivity contribution in [3.8, 4) is 11.6 Å². The molecule has 0 unspecified atom stereocenters. The van der Waals surface area contributed by atoms with Crippen molar-refractivity contribution >= 4 is 46.4 Å². The van der Waals surface area contributed by atoms with Gasteiger partial charge in [-0.3, -0.25) is 0 Å². The zero-order chi connectivity index (χ0) is 14.9. The summed E-state index contributed by atoms with van der Waals surface area (Å²) in [4.78, 5) is 7.87. The van der Waals surface area contributed by atoms with Crippen molar-refractivity contribution in [2.24, 2.45) is 0 Å². The molecule has 0 amide bonds. The van der Waals surface area contributed by atoms with Gasteiger partial charge in [0.25, 0.3) is 0 Å². The fraction of sp³-hybridized carbons (Fsp3) is 0.167. The molecule has 0 bridgehead atoms. The summed E-state index contributed by atoms with van der Waals surface area (Å²) in [5.41, 5.74) is 0.356. The SMILES string of the molecule is Cc1nc(C(Cl)(Cl)Cl)nc(Oc2ccccc2F)c1Cl. The summed E-state index contributed by atoms with van der Waals surface area (Å²) in [6.45, 7) is 1.60. The van der Waals surface area contributed by atoms with E-state index in [-0.39, 0.29) is 22.5 Å². The van der Waals surface area contributed by atoms with Gasteiger partial charge in [-0.05, 0) is 19.1 Å². The van der Waals surface area contributed by atoms with Crippen molar-refractivity contribution in [2.45, 2.75) is 10.7 Å². The zero-order valence-electron chi connectivity index (χ0n) is 10.0. The number of alkyl halides is 3. The fourth-order valence-electron chi connectivity index (χ4n) is 1.36. The molecule has 1 aromatic heterocycles. The van der Waals surface area contributed by atoms with E-state index in [4.69, 9.17) is 51.1 Å². The molecular weight excluding hydrogens is 349 g/mol. The van der Waals surface area contributed by atoms with Gasteiger partial charge < -0.3 is 4.74 Å². The monoisotopic (exact) mass is 354 g/mol. The van der Waals surface area contributed by atoms with E-state index in [9.17, 15) is 4.39 Å². The quantitative estimate of drug-likeness (QED) is 0.694. The highest BCUT2D eigenvalue weighted by molar-refractivity contribution is 6.66. The van der Waals surface area contributed by atoms with Crippen LogP contribution >= 0.6 is 46.4 Å². The molecule has 0 atom stereocenters. The maximum atomic E-state index is 13.6. The topological polar surface area (TPSA) is 35.0 Å². The molecule has 20 heavy (non-hydrogen) atoms. The first-order valence-corrected chi connectivity index (χ1v) is 6.84. The Hall–Kier alpha value is -0.810. The number of benzene rings is 1. The Labute approximate surface area is 134 Å². The molecule has 1 heterocycles. The number of hydrogen-bond donors (Lipinski definition) is 0. The molecule has 0 N–H and O–H groups in total. The zero-order valence-corrected chi connectivity index (χ0v) is 13.0.